The maximum absolute atomic E-state index is 12.0. The number of benzene rings is 1. The van der Waals surface area contributed by atoms with Gasteiger partial charge in [0.1, 0.15) is 13.1 Å². The van der Waals surface area contributed by atoms with Gasteiger partial charge in [0, 0.05) is 3.57 Å². The lowest BCUT2D eigenvalue weighted by atomic mass is 10.2. The number of aliphatic imine (C=N–C) groups is 1. The lowest BCUT2D eigenvalue weighted by Crippen LogP contribution is -3.15. The van der Waals surface area contributed by atoms with E-state index in [9.17, 15) is 9.90 Å². The fourth-order valence-electron chi connectivity index (χ4n) is 2.15. The highest BCUT2D eigenvalue weighted by atomic mass is 127. The number of carbonyl (C=O) groups is 1. The molecule has 0 bridgehead atoms. The molecule has 5 nitrogen and oxygen atoms in total. The van der Waals surface area contributed by atoms with Crippen molar-refractivity contribution in [2.75, 3.05) is 26.3 Å². The van der Waals surface area contributed by atoms with Gasteiger partial charge in [0.25, 0.3) is 11.1 Å². The van der Waals surface area contributed by atoms with Crippen molar-refractivity contribution < 1.29 is 19.5 Å². The van der Waals surface area contributed by atoms with Gasteiger partial charge in [0.15, 0.2) is 0 Å². The highest BCUT2D eigenvalue weighted by Crippen LogP contribution is 2.27. The number of amides is 1. The molecule has 0 aliphatic carbocycles. The molecule has 2 aliphatic rings. The van der Waals surface area contributed by atoms with Crippen LogP contribution in [0.15, 0.2) is 28.1 Å². The molecule has 7 heteroatoms. The molecule has 1 saturated heterocycles. The molecule has 3 rings (SSSR count). The fraction of sp³-hybridized carbons (Fsp3) is 0.286. The van der Waals surface area contributed by atoms with Crippen molar-refractivity contribution in [3.8, 4) is 5.75 Å². The van der Waals surface area contributed by atoms with Crippen molar-refractivity contribution >= 4 is 51.5 Å². The van der Waals surface area contributed by atoms with Gasteiger partial charge in [-0.3, -0.25) is 9.69 Å². The van der Waals surface area contributed by atoms with Crippen LogP contribution in [0.1, 0.15) is 5.56 Å². The molecule has 2 aliphatic heterocycles. The summed E-state index contributed by atoms with van der Waals surface area (Å²) in [6.07, 6.45) is 1.80. The molecular weight excluding hydrogens is 403 g/mol. The van der Waals surface area contributed by atoms with E-state index in [1.54, 1.807) is 18.2 Å². The first-order valence-electron chi connectivity index (χ1n) is 6.55. The van der Waals surface area contributed by atoms with Gasteiger partial charge in [-0.25, -0.2) is 0 Å². The number of ether oxygens (including phenoxy) is 1. The molecule has 0 unspecified atom stereocenters. The Labute approximate surface area is 140 Å². The zero-order chi connectivity index (χ0) is 14.8. The van der Waals surface area contributed by atoms with Crippen molar-refractivity contribution in [3.05, 3.63) is 32.2 Å². The van der Waals surface area contributed by atoms with E-state index >= 15 is 0 Å². The third-order valence-electron chi connectivity index (χ3n) is 3.27. The largest absolute Gasteiger partial charge is 0.872 e. The van der Waals surface area contributed by atoms with Crippen molar-refractivity contribution in [2.45, 2.75) is 0 Å². The Bertz CT molecular complexity index is 639. The molecule has 0 radical (unpaired) electrons. The van der Waals surface area contributed by atoms with Crippen molar-refractivity contribution in [1.29, 1.82) is 0 Å². The van der Waals surface area contributed by atoms with E-state index < -0.39 is 0 Å². The number of halogens is 1. The normalized spacial score (nSPS) is 21.9. The van der Waals surface area contributed by atoms with E-state index in [0.717, 1.165) is 23.8 Å². The highest BCUT2D eigenvalue weighted by Gasteiger charge is 2.31. The number of amidine groups is 1. The van der Waals surface area contributed by atoms with Crippen molar-refractivity contribution in [2.24, 2.45) is 4.99 Å². The maximum Gasteiger partial charge on any atom is 0.289 e. The summed E-state index contributed by atoms with van der Waals surface area (Å²) < 4.78 is 5.97. The van der Waals surface area contributed by atoms with Crippen LogP contribution in [0.25, 0.3) is 6.08 Å². The molecule has 0 atom stereocenters. The van der Waals surface area contributed by atoms with Gasteiger partial charge in [-0.2, -0.15) is 0 Å². The standard InChI is InChI=1S/C14H13IN2O3S/c15-10-7-9(1-2-11(10)18)8-12-13(19)16-14(21-12)17-3-5-20-6-4-17/h1-2,7-8,18H,3-6H2. The quantitative estimate of drug-likeness (QED) is 0.527. The number of thioether (sulfide) groups is 1. The average molecular weight is 416 g/mol. The molecule has 1 aromatic rings. The minimum Gasteiger partial charge on any atom is -0.872 e. The summed E-state index contributed by atoms with van der Waals surface area (Å²) in [6.45, 7) is 3.08. The number of nitrogens with zero attached hydrogens (tertiary/aromatic N) is 1. The molecule has 0 aromatic heterocycles. The second kappa shape index (κ2) is 6.47. The molecule has 0 saturated carbocycles. The van der Waals surface area contributed by atoms with Gasteiger partial charge in [-0.15, -0.1) is 4.99 Å². The van der Waals surface area contributed by atoms with Gasteiger partial charge in [0.2, 0.25) is 0 Å². The van der Waals surface area contributed by atoms with Gasteiger partial charge in [0.05, 0.1) is 18.1 Å². The zero-order valence-electron chi connectivity index (χ0n) is 11.1. The van der Waals surface area contributed by atoms with Crippen LogP contribution >= 0.6 is 34.4 Å². The van der Waals surface area contributed by atoms with Crippen LogP contribution < -0.4 is 10.0 Å². The summed E-state index contributed by atoms with van der Waals surface area (Å²) in [5.41, 5.74) is 0.850. The lowest BCUT2D eigenvalue weighted by molar-refractivity contribution is -0.812. The Morgan fingerprint density at radius 3 is 2.86 bits per heavy atom. The number of hydrogen-bond donors (Lipinski definition) is 1. The third kappa shape index (κ3) is 3.47. The molecule has 110 valence electrons. The topological polar surface area (TPSA) is 66.2 Å². The Hall–Kier alpha value is -0.900. The molecule has 1 amide bonds. The number of nitrogens with one attached hydrogen (secondary N) is 1. The number of rotatable bonds is 1. The number of carbonyl (C=O) groups excluding carboxylic acids is 1. The van der Waals surface area contributed by atoms with Gasteiger partial charge < -0.3 is 9.84 Å². The molecule has 21 heavy (non-hydrogen) atoms. The number of hydrogen-bond acceptors (Lipinski definition) is 4. The smallest absolute Gasteiger partial charge is 0.289 e. The van der Waals surface area contributed by atoms with E-state index in [2.05, 4.69) is 4.99 Å². The lowest BCUT2D eigenvalue weighted by Gasteiger charge is -2.21. The molecule has 1 aromatic carbocycles. The minimum absolute atomic E-state index is 0.00199. The van der Waals surface area contributed by atoms with E-state index in [0.29, 0.717) is 21.7 Å². The van der Waals surface area contributed by atoms with E-state index in [4.69, 9.17) is 4.74 Å². The van der Waals surface area contributed by atoms with Crippen LogP contribution in [0.2, 0.25) is 0 Å². The third-order valence-corrected chi connectivity index (χ3v) is 5.20. The van der Waals surface area contributed by atoms with Crippen LogP contribution in [-0.2, 0) is 9.53 Å². The maximum atomic E-state index is 12.0. The second-order valence-electron chi connectivity index (χ2n) is 4.74. The van der Waals surface area contributed by atoms with Crippen LogP contribution in [0.3, 0.4) is 0 Å². The number of morpholine rings is 1. The Morgan fingerprint density at radius 1 is 1.38 bits per heavy atom. The first-order chi connectivity index (χ1) is 10.1. The van der Waals surface area contributed by atoms with E-state index in [1.807, 2.05) is 22.6 Å². The first-order valence-corrected chi connectivity index (χ1v) is 8.45. The molecular formula is C14H13IN2O3S. The molecule has 1 N–H and O–H groups in total. The van der Waals surface area contributed by atoms with Crippen LogP contribution in [0, 0.1) is 3.57 Å². The highest BCUT2D eigenvalue weighted by molar-refractivity contribution is 14.1. The van der Waals surface area contributed by atoms with E-state index in [-0.39, 0.29) is 11.7 Å². The molecule has 2 heterocycles. The van der Waals surface area contributed by atoms with Gasteiger partial charge >= 0.3 is 0 Å². The minimum atomic E-state index is -0.199. The van der Waals surface area contributed by atoms with Gasteiger partial charge in [-0.05, 0) is 52.1 Å². The Balaban J connectivity index is 1.77. The number of quaternary nitrogens is 1. The van der Waals surface area contributed by atoms with Gasteiger partial charge in [-0.1, -0.05) is 17.9 Å². The van der Waals surface area contributed by atoms with Crippen molar-refractivity contribution in [1.82, 2.24) is 0 Å². The fourth-order valence-corrected chi connectivity index (χ4v) is 3.70. The predicted octanol–water partition coefficient (Wildman–Crippen LogP) is 0.250. The van der Waals surface area contributed by atoms with Crippen LogP contribution in [0.5, 0.6) is 5.75 Å². The summed E-state index contributed by atoms with van der Waals surface area (Å²) >= 11 is 3.42. The predicted molar refractivity (Wildman–Crippen MR) is 88.1 cm³/mol. The summed E-state index contributed by atoms with van der Waals surface area (Å²) in [4.78, 5) is 18.0. The summed E-state index contributed by atoms with van der Waals surface area (Å²) in [5, 5.41) is 12.2. The second-order valence-corrected chi connectivity index (χ2v) is 6.93. The molecule has 1 fully saturated rings. The summed E-state index contributed by atoms with van der Waals surface area (Å²) in [5.74, 6) is -0.201. The zero-order valence-corrected chi connectivity index (χ0v) is 14.1. The molecule has 0 spiro atoms. The Kier molecular flexibility index (Phi) is 4.63. The average Bonchev–Trinajstić information content (AvgIpc) is 2.85. The van der Waals surface area contributed by atoms with Crippen LogP contribution in [-0.4, -0.2) is 37.4 Å². The Morgan fingerprint density at radius 2 is 2.14 bits per heavy atom. The monoisotopic (exact) mass is 416 g/mol. The summed E-state index contributed by atoms with van der Waals surface area (Å²) in [7, 11) is 0. The van der Waals surface area contributed by atoms with E-state index in [1.165, 1.54) is 22.7 Å². The summed E-state index contributed by atoms with van der Waals surface area (Å²) in [6, 6.07) is 5.03. The van der Waals surface area contributed by atoms with Crippen molar-refractivity contribution in [3.63, 3.8) is 0 Å². The SMILES string of the molecule is O=C1N=C([NH+]2CCOCC2)SC1=Cc1ccc([O-])c(I)c1. The first kappa shape index (κ1) is 15.0. The van der Waals surface area contributed by atoms with Crippen LogP contribution in [0.4, 0.5) is 0 Å².